The molecule has 46 valence electrons. The lowest BCUT2D eigenvalue weighted by atomic mass is 10.5. The van der Waals surface area contributed by atoms with E-state index in [1.807, 2.05) is 6.92 Å². The van der Waals surface area contributed by atoms with Crippen molar-refractivity contribution in [2.45, 2.75) is 13.3 Å². The van der Waals surface area contributed by atoms with Crippen molar-refractivity contribution in [3.63, 3.8) is 0 Å². The summed E-state index contributed by atoms with van der Waals surface area (Å²) in [7, 11) is 0. The zero-order valence-corrected chi connectivity index (χ0v) is 5.90. The van der Waals surface area contributed by atoms with Gasteiger partial charge in [0.15, 0.2) is 5.01 Å². The number of nitrogens with zero attached hydrogens (tertiary/aromatic N) is 2. The van der Waals surface area contributed by atoms with E-state index in [0.29, 0.717) is 5.01 Å². The average molecular weight is 138 g/mol. The van der Waals surface area contributed by atoms with Crippen LogP contribution in [0.1, 0.15) is 16.9 Å². The Morgan fingerprint density at radius 2 is 2.44 bits per heavy atom. The van der Waals surface area contributed by atoms with E-state index in [0.717, 1.165) is 11.4 Å². The van der Waals surface area contributed by atoms with Gasteiger partial charge in [-0.25, -0.2) is 0 Å². The van der Waals surface area contributed by atoms with Crippen molar-refractivity contribution in [3.8, 4) is 12.3 Å². The normalized spacial score (nSPS) is 8.89. The molecule has 1 heterocycles. The molecule has 0 bridgehead atoms. The summed E-state index contributed by atoms with van der Waals surface area (Å²) in [5.74, 6) is 2.43. The smallest absolute Gasteiger partial charge is 0.143 e. The zero-order chi connectivity index (χ0) is 6.69. The zero-order valence-electron chi connectivity index (χ0n) is 5.09. The summed E-state index contributed by atoms with van der Waals surface area (Å²) in [4.78, 5) is 0. The van der Waals surface area contributed by atoms with Crippen LogP contribution in [0.25, 0.3) is 0 Å². The molecule has 0 saturated heterocycles. The molecule has 3 heteroatoms. The van der Waals surface area contributed by atoms with Gasteiger partial charge in [0.1, 0.15) is 5.01 Å². The fraction of sp³-hybridized carbons (Fsp3) is 0.333. The van der Waals surface area contributed by atoms with Crippen LogP contribution in [0.3, 0.4) is 0 Å². The highest BCUT2D eigenvalue weighted by atomic mass is 32.1. The average Bonchev–Trinajstić information content (AvgIpc) is 2.34. The maximum Gasteiger partial charge on any atom is 0.190 e. The van der Waals surface area contributed by atoms with E-state index in [1.165, 1.54) is 11.3 Å². The Morgan fingerprint density at radius 3 is 2.78 bits per heavy atom. The van der Waals surface area contributed by atoms with Crippen LogP contribution in [0.4, 0.5) is 0 Å². The molecule has 0 aliphatic carbocycles. The summed E-state index contributed by atoms with van der Waals surface area (Å²) in [5.41, 5.74) is 0. The molecule has 1 rings (SSSR count). The monoisotopic (exact) mass is 138 g/mol. The fourth-order valence-electron chi connectivity index (χ4n) is 0.455. The van der Waals surface area contributed by atoms with E-state index in [4.69, 9.17) is 6.42 Å². The molecule has 0 amide bonds. The second kappa shape index (κ2) is 2.60. The molecule has 0 unspecified atom stereocenters. The molecule has 1 aromatic rings. The van der Waals surface area contributed by atoms with Crippen molar-refractivity contribution in [1.29, 1.82) is 0 Å². The molecule has 0 N–H and O–H groups in total. The highest BCUT2D eigenvalue weighted by Crippen LogP contribution is 2.07. The van der Waals surface area contributed by atoms with E-state index >= 15 is 0 Å². The molecule has 0 aliphatic rings. The minimum Gasteiger partial charge on any atom is -0.143 e. The Hall–Kier alpha value is -0.880. The third-order valence-electron chi connectivity index (χ3n) is 0.893. The van der Waals surface area contributed by atoms with Crippen LogP contribution in [0.5, 0.6) is 0 Å². The molecule has 0 spiro atoms. The van der Waals surface area contributed by atoms with Gasteiger partial charge in [-0.3, -0.25) is 0 Å². The van der Waals surface area contributed by atoms with Crippen molar-refractivity contribution in [2.24, 2.45) is 0 Å². The number of aryl methyl sites for hydroxylation is 1. The Balaban J connectivity index is 2.90. The van der Waals surface area contributed by atoms with E-state index in [-0.39, 0.29) is 0 Å². The maximum atomic E-state index is 5.08. The second-order valence-corrected chi connectivity index (χ2v) is 2.56. The SMILES string of the molecule is C#Cc1nnc(CC)s1. The van der Waals surface area contributed by atoms with Gasteiger partial charge in [0, 0.05) is 0 Å². The molecule has 2 nitrogen and oxygen atoms in total. The standard InChI is InChI=1S/C6H6N2S/c1-3-5-7-8-6(4-2)9-5/h1H,4H2,2H3. The Kier molecular flexibility index (Phi) is 1.81. The molecular weight excluding hydrogens is 132 g/mol. The van der Waals surface area contributed by atoms with Gasteiger partial charge in [-0.05, 0) is 12.3 Å². The first-order valence-corrected chi connectivity index (χ1v) is 3.47. The summed E-state index contributed by atoms with van der Waals surface area (Å²) in [6, 6.07) is 0. The van der Waals surface area contributed by atoms with Crippen LogP contribution in [0, 0.1) is 12.3 Å². The van der Waals surface area contributed by atoms with Crippen LogP contribution < -0.4 is 0 Å². The first-order chi connectivity index (χ1) is 4.36. The minimum absolute atomic E-state index is 0.673. The summed E-state index contributed by atoms with van der Waals surface area (Å²) >= 11 is 1.47. The van der Waals surface area contributed by atoms with E-state index in [1.54, 1.807) is 0 Å². The molecule has 0 atom stereocenters. The minimum atomic E-state index is 0.673. The highest BCUT2D eigenvalue weighted by molar-refractivity contribution is 7.11. The molecule has 1 aromatic heterocycles. The molecule has 0 aromatic carbocycles. The third-order valence-corrected chi connectivity index (χ3v) is 1.89. The lowest BCUT2D eigenvalue weighted by Crippen LogP contribution is -1.75. The van der Waals surface area contributed by atoms with Crippen molar-refractivity contribution < 1.29 is 0 Å². The summed E-state index contributed by atoms with van der Waals surface area (Å²) < 4.78 is 0. The summed E-state index contributed by atoms with van der Waals surface area (Å²) in [6.07, 6.45) is 5.99. The lowest BCUT2D eigenvalue weighted by Gasteiger charge is -1.75. The summed E-state index contributed by atoms with van der Waals surface area (Å²) in [6.45, 7) is 2.03. The van der Waals surface area contributed by atoms with Gasteiger partial charge < -0.3 is 0 Å². The first-order valence-electron chi connectivity index (χ1n) is 2.65. The number of hydrogen-bond acceptors (Lipinski definition) is 3. The van der Waals surface area contributed by atoms with Crippen LogP contribution in [0.2, 0.25) is 0 Å². The topological polar surface area (TPSA) is 25.8 Å². The largest absolute Gasteiger partial charge is 0.190 e. The molecule has 0 radical (unpaired) electrons. The van der Waals surface area contributed by atoms with E-state index in [2.05, 4.69) is 16.1 Å². The van der Waals surface area contributed by atoms with Gasteiger partial charge in [0.05, 0.1) is 0 Å². The molecule has 0 saturated carbocycles. The van der Waals surface area contributed by atoms with Gasteiger partial charge in [-0.15, -0.1) is 16.6 Å². The third kappa shape index (κ3) is 1.27. The first kappa shape index (κ1) is 6.24. The van der Waals surface area contributed by atoms with Crippen LogP contribution in [-0.4, -0.2) is 10.2 Å². The Bertz CT molecular complexity index is 233. The molecule has 9 heavy (non-hydrogen) atoms. The molecular formula is C6H6N2S. The fourth-order valence-corrected chi connectivity index (χ4v) is 1.04. The Labute approximate surface area is 57.9 Å². The van der Waals surface area contributed by atoms with Gasteiger partial charge in [-0.1, -0.05) is 18.3 Å². The lowest BCUT2D eigenvalue weighted by molar-refractivity contribution is 0.978. The molecule has 0 aliphatic heterocycles. The van der Waals surface area contributed by atoms with E-state index in [9.17, 15) is 0 Å². The van der Waals surface area contributed by atoms with Gasteiger partial charge in [0.2, 0.25) is 0 Å². The number of rotatable bonds is 1. The predicted octanol–water partition coefficient (Wildman–Crippen LogP) is 1.08. The number of aromatic nitrogens is 2. The van der Waals surface area contributed by atoms with Crippen molar-refractivity contribution in [2.75, 3.05) is 0 Å². The quantitative estimate of drug-likeness (QED) is 0.543. The maximum absolute atomic E-state index is 5.08. The molecule has 0 fully saturated rings. The van der Waals surface area contributed by atoms with Gasteiger partial charge in [0.25, 0.3) is 0 Å². The predicted molar refractivity (Wildman–Crippen MR) is 37.2 cm³/mol. The van der Waals surface area contributed by atoms with Crippen molar-refractivity contribution >= 4 is 11.3 Å². The van der Waals surface area contributed by atoms with Crippen molar-refractivity contribution in [1.82, 2.24) is 10.2 Å². The van der Waals surface area contributed by atoms with Crippen LogP contribution in [-0.2, 0) is 6.42 Å². The van der Waals surface area contributed by atoms with Gasteiger partial charge >= 0.3 is 0 Å². The van der Waals surface area contributed by atoms with Crippen molar-refractivity contribution in [3.05, 3.63) is 10.0 Å². The van der Waals surface area contributed by atoms with Crippen LogP contribution >= 0.6 is 11.3 Å². The summed E-state index contributed by atoms with van der Waals surface area (Å²) in [5, 5.41) is 9.25. The number of hydrogen-bond donors (Lipinski definition) is 0. The Morgan fingerprint density at radius 1 is 1.67 bits per heavy atom. The van der Waals surface area contributed by atoms with E-state index < -0.39 is 0 Å². The second-order valence-electron chi connectivity index (χ2n) is 1.50. The van der Waals surface area contributed by atoms with Crippen LogP contribution in [0.15, 0.2) is 0 Å². The highest BCUT2D eigenvalue weighted by Gasteiger charge is 1.96. The number of terminal acetylenes is 1. The van der Waals surface area contributed by atoms with Gasteiger partial charge in [-0.2, -0.15) is 0 Å².